The molecule has 0 radical (unpaired) electrons. The van der Waals surface area contributed by atoms with Crippen molar-refractivity contribution in [3.8, 4) is 17.1 Å². The monoisotopic (exact) mass is 232 g/mol. The van der Waals surface area contributed by atoms with Gasteiger partial charge in [-0.2, -0.15) is 5.10 Å². The summed E-state index contributed by atoms with van der Waals surface area (Å²) in [6, 6.07) is 8.45. The van der Waals surface area contributed by atoms with Crippen molar-refractivity contribution in [3.63, 3.8) is 0 Å². The van der Waals surface area contributed by atoms with E-state index < -0.39 is 0 Å². The van der Waals surface area contributed by atoms with Gasteiger partial charge in [0.1, 0.15) is 11.9 Å². The molecule has 0 amide bonds. The number of aromatic nitrogens is 2. The second kappa shape index (κ2) is 3.58. The predicted molar refractivity (Wildman–Crippen MR) is 62.4 cm³/mol. The van der Waals surface area contributed by atoms with E-state index in [0.29, 0.717) is 0 Å². The lowest BCUT2D eigenvalue weighted by Crippen LogP contribution is -2.15. The third kappa shape index (κ3) is 1.60. The average Bonchev–Trinajstić information content (AvgIpc) is 2.82. The van der Waals surface area contributed by atoms with Crippen LogP contribution in [0.5, 0.6) is 5.88 Å². The summed E-state index contributed by atoms with van der Waals surface area (Å²) in [6.07, 6.45) is 0.153. The molecule has 2 unspecified atom stereocenters. The van der Waals surface area contributed by atoms with Crippen molar-refractivity contribution < 1.29 is 9.13 Å². The van der Waals surface area contributed by atoms with E-state index in [9.17, 15) is 4.39 Å². The highest BCUT2D eigenvalue weighted by molar-refractivity contribution is 5.60. The first-order valence-electron chi connectivity index (χ1n) is 5.67. The number of benzene rings is 1. The first-order chi connectivity index (χ1) is 8.15. The van der Waals surface area contributed by atoms with Gasteiger partial charge < -0.3 is 4.74 Å². The highest BCUT2D eigenvalue weighted by Crippen LogP contribution is 2.33. The summed E-state index contributed by atoms with van der Waals surface area (Å²) in [5, 5.41) is 4.49. The zero-order chi connectivity index (χ0) is 12.0. The van der Waals surface area contributed by atoms with Crippen LogP contribution in [0, 0.1) is 5.82 Å². The zero-order valence-electron chi connectivity index (χ0n) is 9.72. The molecule has 0 spiro atoms. The quantitative estimate of drug-likeness (QED) is 0.755. The third-order valence-corrected chi connectivity index (χ3v) is 3.21. The van der Waals surface area contributed by atoms with Crippen LogP contribution in [0.3, 0.4) is 0 Å². The van der Waals surface area contributed by atoms with E-state index in [1.165, 1.54) is 12.1 Å². The Morgan fingerprint density at radius 3 is 2.59 bits per heavy atom. The third-order valence-electron chi connectivity index (χ3n) is 3.21. The van der Waals surface area contributed by atoms with Crippen molar-refractivity contribution in [2.75, 3.05) is 0 Å². The molecule has 1 aromatic carbocycles. The summed E-state index contributed by atoms with van der Waals surface area (Å²) in [5.74, 6) is 0.545. The maximum absolute atomic E-state index is 12.8. The molecule has 0 aliphatic carbocycles. The fraction of sp³-hybridized carbons (Fsp3) is 0.308. The minimum Gasteiger partial charge on any atom is -0.473 e. The maximum atomic E-state index is 12.8. The lowest BCUT2D eigenvalue weighted by atomic mass is 10.1. The Hall–Kier alpha value is -1.84. The molecule has 0 fully saturated rings. The van der Waals surface area contributed by atoms with E-state index >= 15 is 0 Å². The molecule has 3 rings (SSSR count). The second-order valence-corrected chi connectivity index (χ2v) is 4.38. The van der Waals surface area contributed by atoms with Gasteiger partial charge in [0.15, 0.2) is 0 Å². The minimum atomic E-state index is -0.237. The van der Waals surface area contributed by atoms with Gasteiger partial charge in [0, 0.05) is 11.6 Å². The molecule has 1 aliphatic heterocycles. The molecule has 2 heterocycles. The van der Waals surface area contributed by atoms with Crippen LogP contribution in [0.25, 0.3) is 11.3 Å². The fourth-order valence-corrected chi connectivity index (χ4v) is 2.01. The van der Waals surface area contributed by atoms with E-state index in [1.54, 1.807) is 12.1 Å². The highest BCUT2D eigenvalue weighted by atomic mass is 19.1. The van der Waals surface area contributed by atoms with Crippen molar-refractivity contribution in [1.29, 1.82) is 0 Å². The summed E-state index contributed by atoms with van der Waals surface area (Å²) in [5.41, 5.74) is 1.72. The molecule has 17 heavy (non-hydrogen) atoms. The summed E-state index contributed by atoms with van der Waals surface area (Å²) in [7, 11) is 0. The topological polar surface area (TPSA) is 27.1 Å². The number of hydrogen-bond acceptors (Lipinski definition) is 2. The standard InChI is InChI=1S/C13H13FN2O/c1-8-9(2)17-13-7-12(15-16(8)13)10-3-5-11(14)6-4-10/h3-9H,1-2H3. The molecular formula is C13H13FN2O. The van der Waals surface area contributed by atoms with Crippen LogP contribution in [-0.4, -0.2) is 15.9 Å². The Labute approximate surface area is 98.8 Å². The van der Waals surface area contributed by atoms with Crippen LogP contribution in [0.1, 0.15) is 19.9 Å². The molecule has 3 nitrogen and oxygen atoms in total. The number of rotatable bonds is 1. The van der Waals surface area contributed by atoms with Crippen LogP contribution in [0.4, 0.5) is 4.39 Å². The predicted octanol–water partition coefficient (Wildman–Crippen LogP) is 3.03. The Morgan fingerprint density at radius 1 is 1.24 bits per heavy atom. The Morgan fingerprint density at radius 2 is 1.94 bits per heavy atom. The van der Waals surface area contributed by atoms with Crippen LogP contribution >= 0.6 is 0 Å². The summed E-state index contributed by atoms with van der Waals surface area (Å²) >= 11 is 0. The average molecular weight is 232 g/mol. The zero-order valence-corrected chi connectivity index (χ0v) is 9.72. The smallest absolute Gasteiger partial charge is 0.213 e. The fourth-order valence-electron chi connectivity index (χ4n) is 2.01. The van der Waals surface area contributed by atoms with Crippen molar-refractivity contribution in [1.82, 2.24) is 9.78 Å². The SMILES string of the molecule is CC1Oc2cc(-c3ccc(F)cc3)nn2C1C. The molecular weight excluding hydrogens is 219 g/mol. The van der Waals surface area contributed by atoms with Crippen molar-refractivity contribution in [3.05, 3.63) is 36.1 Å². The molecule has 88 valence electrons. The van der Waals surface area contributed by atoms with Gasteiger partial charge in [-0.05, 0) is 38.1 Å². The van der Waals surface area contributed by atoms with Gasteiger partial charge in [-0.25, -0.2) is 9.07 Å². The number of ether oxygens (including phenoxy) is 1. The molecule has 4 heteroatoms. The summed E-state index contributed by atoms with van der Waals surface area (Å²) in [4.78, 5) is 0. The van der Waals surface area contributed by atoms with Gasteiger partial charge in [-0.3, -0.25) is 0 Å². The van der Waals surface area contributed by atoms with Crippen LogP contribution in [-0.2, 0) is 0 Å². The van der Waals surface area contributed by atoms with Crippen molar-refractivity contribution >= 4 is 0 Å². The van der Waals surface area contributed by atoms with Gasteiger partial charge in [0.25, 0.3) is 0 Å². The maximum Gasteiger partial charge on any atom is 0.213 e. The number of nitrogens with zero attached hydrogens (tertiary/aromatic N) is 2. The van der Waals surface area contributed by atoms with Gasteiger partial charge in [0.2, 0.25) is 5.88 Å². The van der Waals surface area contributed by atoms with Crippen LogP contribution in [0.15, 0.2) is 30.3 Å². The van der Waals surface area contributed by atoms with E-state index in [2.05, 4.69) is 12.0 Å². The van der Waals surface area contributed by atoms with Gasteiger partial charge in [-0.15, -0.1) is 0 Å². The van der Waals surface area contributed by atoms with E-state index in [4.69, 9.17) is 4.74 Å². The van der Waals surface area contributed by atoms with Gasteiger partial charge in [0.05, 0.1) is 11.7 Å². The van der Waals surface area contributed by atoms with E-state index in [1.807, 2.05) is 17.7 Å². The van der Waals surface area contributed by atoms with E-state index in [0.717, 1.165) is 17.1 Å². The number of halogens is 1. The summed E-state index contributed by atoms with van der Waals surface area (Å²) in [6.45, 7) is 4.10. The lowest BCUT2D eigenvalue weighted by molar-refractivity contribution is 0.226. The second-order valence-electron chi connectivity index (χ2n) is 4.38. The minimum absolute atomic E-state index is 0.153. The normalized spacial score (nSPS) is 22.3. The van der Waals surface area contributed by atoms with E-state index in [-0.39, 0.29) is 18.0 Å². The first kappa shape index (κ1) is 10.3. The van der Waals surface area contributed by atoms with Crippen LogP contribution in [0.2, 0.25) is 0 Å². The largest absolute Gasteiger partial charge is 0.473 e. The molecule has 2 atom stereocenters. The Balaban J connectivity index is 1.99. The molecule has 1 aromatic heterocycles. The number of fused-ring (bicyclic) bond motifs is 1. The van der Waals surface area contributed by atoms with Crippen LogP contribution < -0.4 is 4.74 Å². The highest BCUT2D eigenvalue weighted by Gasteiger charge is 2.28. The Bertz CT molecular complexity index is 547. The first-order valence-corrected chi connectivity index (χ1v) is 5.67. The summed E-state index contributed by atoms with van der Waals surface area (Å²) < 4.78 is 20.4. The molecule has 2 aromatic rings. The number of hydrogen-bond donors (Lipinski definition) is 0. The molecule has 0 bridgehead atoms. The molecule has 0 saturated heterocycles. The lowest BCUT2D eigenvalue weighted by Gasteiger charge is -2.08. The molecule has 1 aliphatic rings. The van der Waals surface area contributed by atoms with Gasteiger partial charge >= 0.3 is 0 Å². The molecule has 0 saturated carbocycles. The molecule has 0 N–H and O–H groups in total. The van der Waals surface area contributed by atoms with Gasteiger partial charge in [-0.1, -0.05) is 0 Å². The van der Waals surface area contributed by atoms with Crippen molar-refractivity contribution in [2.24, 2.45) is 0 Å². The van der Waals surface area contributed by atoms with Crippen molar-refractivity contribution in [2.45, 2.75) is 26.0 Å². The Kier molecular flexibility index (Phi) is 2.18.